The Labute approximate surface area is 143 Å². The van der Waals surface area contributed by atoms with E-state index in [1.54, 1.807) is 4.90 Å². The van der Waals surface area contributed by atoms with Crippen LogP contribution in [0.15, 0.2) is 18.2 Å². The second-order valence-corrected chi connectivity index (χ2v) is 6.98. The van der Waals surface area contributed by atoms with Gasteiger partial charge in [-0.3, -0.25) is 9.69 Å². The quantitative estimate of drug-likeness (QED) is 0.780. The van der Waals surface area contributed by atoms with E-state index in [-0.39, 0.29) is 18.0 Å². The Morgan fingerprint density at radius 3 is 2.54 bits per heavy atom. The molecule has 1 aliphatic heterocycles. The number of anilines is 1. The first-order valence-electron chi connectivity index (χ1n) is 8.56. The van der Waals surface area contributed by atoms with Crippen molar-refractivity contribution in [2.45, 2.75) is 59.0 Å². The van der Waals surface area contributed by atoms with Gasteiger partial charge in [-0.25, -0.2) is 4.79 Å². The minimum atomic E-state index is -0.517. The summed E-state index contributed by atoms with van der Waals surface area (Å²) >= 11 is 0. The maximum absolute atomic E-state index is 12.3. The summed E-state index contributed by atoms with van der Waals surface area (Å²) in [5.41, 5.74) is 2.37. The number of esters is 1. The predicted octanol–water partition coefficient (Wildman–Crippen LogP) is 4.04. The van der Waals surface area contributed by atoms with Crippen molar-refractivity contribution in [3.8, 4) is 0 Å². The van der Waals surface area contributed by atoms with Crippen LogP contribution in [-0.2, 0) is 20.7 Å². The summed E-state index contributed by atoms with van der Waals surface area (Å²) in [6.07, 6.45) is 1.13. The van der Waals surface area contributed by atoms with Crippen LogP contribution in [0, 0.1) is 0 Å². The van der Waals surface area contributed by atoms with Gasteiger partial charge >= 0.3 is 12.1 Å². The van der Waals surface area contributed by atoms with Crippen LogP contribution in [0.2, 0.25) is 0 Å². The molecular weight excluding hydrogens is 306 g/mol. The Balaban J connectivity index is 2.21. The molecule has 5 nitrogen and oxygen atoms in total. The van der Waals surface area contributed by atoms with Crippen molar-refractivity contribution in [1.29, 1.82) is 0 Å². The van der Waals surface area contributed by atoms with Gasteiger partial charge in [0, 0.05) is 6.54 Å². The fraction of sp³-hybridized carbons (Fsp3) is 0.579. The Bertz CT molecular complexity index is 618. The highest BCUT2D eigenvalue weighted by molar-refractivity contribution is 5.91. The van der Waals surface area contributed by atoms with Gasteiger partial charge in [0.15, 0.2) is 0 Å². The van der Waals surface area contributed by atoms with Crippen molar-refractivity contribution in [2.24, 2.45) is 0 Å². The number of benzene rings is 1. The van der Waals surface area contributed by atoms with E-state index >= 15 is 0 Å². The zero-order valence-corrected chi connectivity index (χ0v) is 15.2. The molecule has 1 aromatic carbocycles. The van der Waals surface area contributed by atoms with Gasteiger partial charge in [-0.15, -0.1) is 0 Å². The van der Waals surface area contributed by atoms with Gasteiger partial charge in [-0.05, 0) is 57.7 Å². The molecule has 2 rings (SSSR count). The third kappa shape index (κ3) is 4.08. The summed E-state index contributed by atoms with van der Waals surface area (Å²) in [4.78, 5) is 26.1. The Morgan fingerprint density at radius 2 is 1.96 bits per heavy atom. The van der Waals surface area contributed by atoms with Crippen LogP contribution in [0.1, 0.15) is 58.1 Å². The molecule has 0 saturated carbocycles. The zero-order valence-electron chi connectivity index (χ0n) is 15.2. The van der Waals surface area contributed by atoms with Gasteiger partial charge in [0.1, 0.15) is 5.60 Å². The number of carbonyl (C=O) groups is 2. The lowest BCUT2D eigenvalue weighted by molar-refractivity contribution is -0.145. The summed E-state index contributed by atoms with van der Waals surface area (Å²) in [5.74, 6) is -0.451. The fourth-order valence-corrected chi connectivity index (χ4v) is 2.93. The van der Waals surface area contributed by atoms with Crippen molar-refractivity contribution in [3.05, 3.63) is 29.3 Å². The standard InChI is InChI=1S/C19H27NO4/c1-6-15(17(21)23-7-2)13-8-9-16-14(12-13)10-11-20(16)18(22)24-19(3,4)5/h8-9,12,15H,6-7,10-11H2,1-5H3. The van der Waals surface area contributed by atoms with E-state index in [0.717, 1.165) is 23.2 Å². The molecule has 0 spiro atoms. The van der Waals surface area contributed by atoms with Crippen LogP contribution in [0.3, 0.4) is 0 Å². The molecule has 0 N–H and O–H groups in total. The molecule has 132 valence electrons. The number of carbonyl (C=O) groups excluding carboxylic acids is 2. The number of amides is 1. The average Bonchev–Trinajstić information content (AvgIpc) is 2.90. The second kappa shape index (κ2) is 7.24. The molecule has 0 bridgehead atoms. The van der Waals surface area contributed by atoms with E-state index in [1.807, 2.05) is 52.8 Å². The monoisotopic (exact) mass is 333 g/mol. The maximum Gasteiger partial charge on any atom is 0.414 e. The molecule has 0 radical (unpaired) electrons. The van der Waals surface area contributed by atoms with Gasteiger partial charge in [0.25, 0.3) is 0 Å². The molecule has 1 aromatic rings. The van der Waals surface area contributed by atoms with Gasteiger partial charge < -0.3 is 9.47 Å². The number of ether oxygens (including phenoxy) is 2. The lowest BCUT2D eigenvalue weighted by atomic mass is 9.94. The predicted molar refractivity (Wildman–Crippen MR) is 93.4 cm³/mol. The first-order valence-corrected chi connectivity index (χ1v) is 8.56. The first-order chi connectivity index (χ1) is 11.3. The molecule has 0 fully saturated rings. The first kappa shape index (κ1) is 18.3. The van der Waals surface area contributed by atoms with Crippen LogP contribution in [-0.4, -0.2) is 30.8 Å². The van der Waals surface area contributed by atoms with Crippen molar-refractivity contribution >= 4 is 17.7 Å². The van der Waals surface area contributed by atoms with E-state index in [1.165, 1.54) is 0 Å². The zero-order chi connectivity index (χ0) is 17.9. The highest BCUT2D eigenvalue weighted by atomic mass is 16.6. The van der Waals surface area contributed by atoms with Crippen LogP contribution in [0.4, 0.5) is 10.5 Å². The molecule has 1 aliphatic rings. The Morgan fingerprint density at radius 1 is 1.25 bits per heavy atom. The van der Waals surface area contributed by atoms with E-state index in [4.69, 9.17) is 9.47 Å². The van der Waals surface area contributed by atoms with Gasteiger partial charge in [0.2, 0.25) is 0 Å². The lowest BCUT2D eigenvalue weighted by Gasteiger charge is -2.25. The molecule has 24 heavy (non-hydrogen) atoms. The summed E-state index contributed by atoms with van der Waals surface area (Å²) in [5, 5.41) is 0. The average molecular weight is 333 g/mol. The van der Waals surface area contributed by atoms with E-state index in [2.05, 4.69) is 0 Å². The highest BCUT2D eigenvalue weighted by Crippen LogP contribution is 2.33. The third-order valence-corrected chi connectivity index (χ3v) is 3.99. The number of hydrogen-bond donors (Lipinski definition) is 0. The van der Waals surface area contributed by atoms with Crippen LogP contribution >= 0.6 is 0 Å². The molecule has 0 aromatic heterocycles. The summed E-state index contributed by atoms with van der Waals surface area (Å²) in [6, 6.07) is 5.83. The molecule has 0 aliphatic carbocycles. The molecule has 5 heteroatoms. The summed E-state index contributed by atoms with van der Waals surface area (Å²) < 4.78 is 10.6. The Kier molecular flexibility index (Phi) is 5.52. The molecule has 1 unspecified atom stereocenters. The van der Waals surface area contributed by atoms with Crippen LogP contribution in [0.25, 0.3) is 0 Å². The van der Waals surface area contributed by atoms with E-state index < -0.39 is 5.60 Å². The molecular formula is C19H27NO4. The number of fused-ring (bicyclic) bond motifs is 1. The lowest BCUT2D eigenvalue weighted by Crippen LogP contribution is -2.35. The Hall–Kier alpha value is -2.04. The van der Waals surface area contributed by atoms with Gasteiger partial charge in [-0.1, -0.05) is 19.1 Å². The largest absolute Gasteiger partial charge is 0.466 e. The SMILES string of the molecule is CCOC(=O)C(CC)c1ccc2c(c1)CCN2C(=O)OC(C)(C)C. The number of rotatable bonds is 4. The molecule has 1 amide bonds. The minimum Gasteiger partial charge on any atom is -0.466 e. The molecule has 1 heterocycles. The normalized spacial score (nSPS) is 15.0. The smallest absolute Gasteiger partial charge is 0.414 e. The summed E-state index contributed by atoms with van der Waals surface area (Å²) in [7, 11) is 0. The molecule has 0 saturated heterocycles. The van der Waals surface area contributed by atoms with Gasteiger partial charge in [0.05, 0.1) is 18.2 Å². The van der Waals surface area contributed by atoms with Crippen molar-refractivity contribution in [1.82, 2.24) is 0 Å². The number of hydrogen-bond acceptors (Lipinski definition) is 4. The highest BCUT2D eigenvalue weighted by Gasteiger charge is 2.30. The minimum absolute atomic E-state index is 0.193. The maximum atomic E-state index is 12.3. The fourth-order valence-electron chi connectivity index (χ4n) is 2.93. The topological polar surface area (TPSA) is 55.8 Å². The van der Waals surface area contributed by atoms with Crippen LogP contribution < -0.4 is 4.90 Å². The van der Waals surface area contributed by atoms with Crippen molar-refractivity contribution in [3.63, 3.8) is 0 Å². The summed E-state index contributed by atoms with van der Waals surface area (Å²) in [6.45, 7) is 10.3. The molecule has 1 atom stereocenters. The van der Waals surface area contributed by atoms with Crippen molar-refractivity contribution < 1.29 is 19.1 Å². The second-order valence-electron chi connectivity index (χ2n) is 6.98. The van der Waals surface area contributed by atoms with E-state index in [0.29, 0.717) is 19.6 Å². The third-order valence-electron chi connectivity index (χ3n) is 3.99. The van der Waals surface area contributed by atoms with E-state index in [9.17, 15) is 9.59 Å². The number of nitrogens with zero attached hydrogens (tertiary/aromatic N) is 1. The van der Waals surface area contributed by atoms with Crippen LogP contribution in [0.5, 0.6) is 0 Å². The van der Waals surface area contributed by atoms with Gasteiger partial charge in [-0.2, -0.15) is 0 Å². The van der Waals surface area contributed by atoms with Crippen molar-refractivity contribution in [2.75, 3.05) is 18.1 Å².